The van der Waals surface area contributed by atoms with Gasteiger partial charge in [-0.25, -0.2) is 0 Å². The molecule has 0 aliphatic heterocycles. The maximum Gasteiger partial charge on any atom is 0.153 e. The molecule has 0 amide bonds. The van der Waals surface area contributed by atoms with Crippen molar-refractivity contribution in [1.82, 2.24) is 0 Å². The van der Waals surface area contributed by atoms with Crippen molar-refractivity contribution >= 4 is 6.29 Å². The van der Waals surface area contributed by atoms with Gasteiger partial charge in [0.25, 0.3) is 0 Å². The van der Waals surface area contributed by atoms with Gasteiger partial charge in [-0.2, -0.15) is 0 Å². The van der Waals surface area contributed by atoms with Crippen LogP contribution in [0.25, 0.3) is 0 Å². The van der Waals surface area contributed by atoms with Gasteiger partial charge in [0, 0.05) is 0 Å². The van der Waals surface area contributed by atoms with Crippen molar-refractivity contribution in [3.8, 4) is 5.75 Å². The topological polar surface area (TPSA) is 26.3 Å². The zero-order valence-electron chi connectivity index (χ0n) is 11.7. The van der Waals surface area contributed by atoms with Crippen molar-refractivity contribution in [1.29, 1.82) is 0 Å². The third kappa shape index (κ3) is 4.59. The van der Waals surface area contributed by atoms with E-state index in [-0.39, 0.29) is 0 Å². The number of rotatable bonds is 4. The molecular formula is C17H20O2. The van der Waals surface area contributed by atoms with Gasteiger partial charge in [-0.3, -0.25) is 4.79 Å². The molecular weight excluding hydrogens is 236 g/mol. The van der Waals surface area contributed by atoms with Gasteiger partial charge in [-0.1, -0.05) is 55.8 Å². The number of hydrogen-bond donors (Lipinski definition) is 0. The van der Waals surface area contributed by atoms with Gasteiger partial charge in [-0.15, -0.1) is 0 Å². The first kappa shape index (κ1) is 15.0. The van der Waals surface area contributed by atoms with E-state index in [1.807, 2.05) is 69.3 Å². The molecule has 2 heteroatoms. The maximum atomic E-state index is 10.9. The number of carbonyl (C=O) groups is 1. The highest BCUT2D eigenvalue weighted by molar-refractivity contribution is 5.79. The van der Waals surface area contributed by atoms with E-state index in [4.69, 9.17) is 4.74 Å². The summed E-state index contributed by atoms with van der Waals surface area (Å²) in [5.41, 5.74) is 2.74. The van der Waals surface area contributed by atoms with Crippen LogP contribution in [0.5, 0.6) is 5.75 Å². The Balaban J connectivity index is 0.000000861. The standard InChI is InChI=1S/C15H14O2.C2H6/c1-12-7-8-15(14(9-12)10-16)17-11-13-5-3-2-4-6-13;1-2/h2-10H,11H2,1H3;1-2H3. The Morgan fingerprint density at radius 1 is 1.05 bits per heavy atom. The van der Waals surface area contributed by atoms with E-state index in [1.54, 1.807) is 0 Å². The number of carbonyl (C=O) groups excluding carboxylic acids is 1. The molecule has 0 radical (unpaired) electrons. The van der Waals surface area contributed by atoms with Gasteiger partial charge >= 0.3 is 0 Å². The normalized spacial score (nSPS) is 9.21. The smallest absolute Gasteiger partial charge is 0.153 e. The summed E-state index contributed by atoms with van der Waals surface area (Å²) < 4.78 is 5.64. The minimum Gasteiger partial charge on any atom is -0.488 e. The monoisotopic (exact) mass is 256 g/mol. The third-order valence-electron chi connectivity index (χ3n) is 2.53. The van der Waals surface area contributed by atoms with Gasteiger partial charge in [0.05, 0.1) is 5.56 Å². The first-order chi connectivity index (χ1) is 9.29. The Hall–Kier alpha value is -2.09. The Kier molecular flexibility index (Phi) is 6.37. The van der Waals surface area contributed by atoms with Crippen molar-refractivity contribution < 1.29 is 9.53 Å². The number of aldehydes is 1. The lowest BCUT2D eigenvalue weighted by molar-refractivity contribution is 0.111. The van der Waals surface area contributed by atoms with Gasteiger partial charge < -0.3 is 4.74 Å². The third-order valence-corrected chi connectivity index (χ3v) is 2.53. The fourth-order valence-electron chi connectivity index (χ4n) is 1.63. The Morgan fingerprint density at radius 3 is 2.37 bits per heavy atom. The van der Waals surface area contributed by atoms with Crippen LogP contribution < -0.4 is 4.74 Å². The van der Waals surface area contributed by atoms with Crippen LogP contribution in [0.4, 0.5) is 0 Å². The molecule has 2 aromatic rings. The van der Waals surface area contributed by atoms with Crippen LogP contribution in [0.15, 0.2) is 48.5 Å². The molecule has 0 unspecified atom stereocenters. The van der Waals surface area contributed by atoms with E-state index >= 15 is 0 Å². The van der Waals surface area contributed by atoms with Crippen molar-refractivity contribution in [2.45, 2.75) is 27.4 Å². The SMILES string of the molecule is CC.Cc1ccc(OCc2ccccc2)c(C=O)c1. The summed E-state index contributed by atoms with van der Waals surface area (Å²) in [6.07, 6.45) is 0.827. The number of hydrogen-bond acceptors (Lipinski definition) is 2. The minimum atomic E-state index is 0.477. The van der Waals surface area contributed by atoms with Crippen molar-refractivity contribution in [2.75, 3.05) is 0 Å². The van der Waals surface area contributed by atoms with E-state index in [0.717, 1.165) is 17.4 Å². The molecule has 0 saturated carbocycles. The molecule has 0 aromatic heterocycles. The summed E-state index contributed by atoms with van der Waals surface area (Å²) >= 11 is 0. The fraction of sp³-hybridized carbons (Fsp3) is 0.235. The minimum absolute atomic E-state index is 0.477. The zero-order chi connectivity index (χ0) is 14.1. The lowest BCUT2D eigenvalue weighted by Crippen LogP contribution is -1.98. The van der Waals surface area contributed by atoms with Crippen LogP contribution in [0.3, 0.4) is 0 Å². The van der Waals surface area contributed by atoms with Crippen LogP contribution in [0, 0.1) is 6.92 Å². The lowest BCUT2D eigenvalue weighted by Gasteiger charge is -2.08. The molecule has 0 atom stereocenters. The molecule has 0 aliphatic rings. The molecule has 0 bridgehead atoms. The quantitative estimate of drug-likeness (QED) is 0.757. The molecule has 2 nitrogen and oxygen atoms in total. The number of aryl methyl sites for hydroxylation is 1. The van der Waals surface area contributed by atoms with Crippen LogP contribution in [0.1, 0.15) is 35.3 Å². The Morgan fingerprint density at radius 2 is 1.74 bits per heavy atom. The fourth-order valence-corrected chi connectivity index (χ4v) is 1.63. The Bertz CT molecular complexity index is 504. The highest BCUT2D eigenvalue weighted by atomic mass is 16.5. The van der Waals surface area contributed by atoms with Crippen molar-refractivity contribution in [3.63, 3.8) is 0 Å². The van der Waals surface area contributed by atoms with Crippen LogP contribution >= 0.6 is 0 Å². The summed E-state index contributed by atoms with van der Waals surface area (Å²) in [6, 6.07) is 15.5. The largest absolute Gasteiger partial charge is 0.488 e. The summed E-state index contributed by atoms with van der Waals surface area (Å²) in [5, 5.41) is 0. The van der Waals surface area contributed by atoms with Crippen molar-refractivity contribution in [3.05, 3.63) is 65.2 Å². The second kappa shape index (κ2) is 8.09. The Labute approximate surface area is 115 Å². The van der Waals surface area contributed by atoms with Crippen LogP contribution in [0.2, 0.25) is 0 Å². The maximum absolute atomic E-state index is 10.9. The van der Waals surface area contributed by atoms with Crippen LogP contribution in [-0.2, 0) is 6.61 Å². The van der Waals surface area contributed by atoms with Crippen LogP contribution in [-0.4, -0.2) is 6.29 Å². The van der Waals surface area contributed by atoms with E-state index in [2.05, 4.69) is 0 Å². The summed E-state index contributed by atoms with van der Waals surface area (Å²) in [7, 11) is 0. The highest BCUT2D eigenvalue weighted by Gasteiger charge is 2.03. The lowest BCUT2D eigenvalue weighted by atomic mass is 10.1. The molecule has 19 heavy (non-hydrogen) atoms. The van der Waals surface area contributed by atoms with Gasteiger partial charge in [0.2, 0.25) is 0 Å². The molecule has 0 saturated heterocycles. The molecule has 100 valence electrons. The molecule has 0 aliphatic carbocycles. The number of benzene rings is 2. The molecule has 2 rings (SSSR count). The first-order valence-corrected chi connectivity index (χ1v) is 6.52. The van der Waals surface area contributed by atoms with E-state index in [0.29, 0.717) is 17.9 Å². The predicted octanol–water partition coefficient (Wildman–Crippen LogP) is 4.41. The van der Waals surface area contributed by atoms with E-state index in [1.165, 1.54) is 0 Å². The van der Waals surface area contributed by atoms with E-state index < -0.39 is 0 Å². The van der Waals surface area contributed by atoms with Gasteiger partial charge in [-0.05, 0) is 24.6 Å². The number of ether oxygens (including phenoxy) is 1. The molecule has 0 spiro atoms. The molecule has 0 N–H and O–H groups in total. The summed E-state index contributed by atoms with van der Waals surface area (Å²) in [5.74, 6) is 0.634. The molecule has 0 heterocycles. The van der Waals surface area contributed by atoms with Gasteiger partial charge in [0.1, 0.15) is 12.4 Å². The summed E-state index contributed by atoms with van der Waals surface area (Å²) in [4.78, 5) is 10.9. The van der Waals surface area contributed by atoms with Gasteiger partial charge in [0.15, 0.2) is 6.29 Å². The second-order valence-electron chi connectivity index (χ2n) is 3.93. The first-order valence-electron chi connectivity index (χ1n) is 6.52. The molecule has 0 fully saturated rings. The highest BCUT2D eigenvalue weighted by Crippen LogP contribution is 2.19. The average Bonchev–Trinajstić information content (AvgIpc) is 2.49. The predicted molar refractivity (Wildman–Crippen MR) is 78.7 cm³/mol. The zero-order valence-corrected chi connectivity index (χ0v) is 11.7. The van der Waals surface area contributed by atoms with Crippen molar-refractivity contribution in [2.24, 2.45) is 0 Å². The average molecular weight is 256 g/mol. The summed E-state index contributed by atoms with van der Waals surface area (Å²) in [6.45, 7) is 6.43. The van der Waals surface area contributed by atoms with E-state index in [9.17, 15) is 4.79 Å². The second-order valence-corrected chi connectivity index (χ2v) is 3.93. The molecule has 2 aromatic carbocycles.